The van der Waals surface area contributed by atoms with Crippen LogP contribution in [0, 0.1) is 0 Å². The van der Waals surface area contributed by atoms with Crippen LogP contribution in [0.5, 0.6) is 0 Å². The molecule has 0 aromatic carbocycles. The van der Waals surface area contributed by atoms with Gasteiger partial charge in [-0.3, -0.25) is 10.00 Å². The Kier molecular flexibility index (Phi) is 4.92. The average molecular weight is 377 g/mol. The number of carbonyl (C=O) groups is 1. The quantitative estimate of drug-likeness (QED) is 0.755. The largest absolute Gasteiger partial charge is 0.440 e. The zero-order valence-corrected chi connectivity index (χ0v) is 14.8. The Labute approximate surface area is 149 Å². The Morgan fingerprint density at radius 1 is 1.35 bits per heavy atom. The van der Waals surface area contributed by atoms with Crippen molar-refractivity contribution in [1.82, 2.24) is 9.78 Å². The number of halogens is 4. The zero-order valence-electron chi connectivity index (χ0n) is 14.8. The Morgan fingerprint density at radius 3 is 2.42 bits per heavy atom. The van der Waals surface area contributed by atoms with Gasteiger partial charge in [0.05, 0.1) is 5.69 Å². The summed E-state index contributed by atoms with van der Waals surface area (Å²) >= 11 is 0. The molecular weight excluding hydrogens is 354 g/mol. The topological polar surface area (TPSA) is 56.2 Å². The van der Waals surface area contributed by atoms with Crippen LogP contribution in [-0.2, 0) is 17.2 Å². The van der Waals surface area contributed by atoms with E-state index in [4.69, 9.17) is 4.74 Å². The fraction of sp³-hybridized carbons (Fsp3) is 0.765. The van der Waals surface area contributed by atoms with Crippen molar-refractivity contribution in [3.8, 4) is 0 Å². The maximum atomic E-state index is 13.3. The van der Waals surface area contributed by atoms with Crippen LogP contribution in [0.15, 0.2) is 0 Å². The second kappa shape index (κ2) is 6.74. The van der Waals surface area contributed by atoms with Crippen molar-refractivity contribution in [3.63, 3.8) is 0 Å². The van der Waals surface area contributed by atoms with Crippen LogP contribution in [0.2, 0.25) is 0 Å². The molecular formula is C17H23F4N3O2. The van der Waals surface area contributed by atoms with Gasteiger partial charge in [-0.05, 0) is 18.3 Å². The number of rotatable bonds is 6. The molecule has 2 saturated carbocycles. The highest BCUT2D eigenvalue weighted by molar-refractivity contribution is 5.85. The van der Waals surface area contributed by atoms with E-state index >= 15 is 0 Å². The molecule has 0 saturated heterocycles. The molecule has 1 aromatic heterocycles. The molecule has 5 nitrogen and oxygen atoms in total. The second-order valence-corrected chi connectivity index (χ2v) is 7.57. The van der Waals surface area contributed by atoms with Crippen LogP contribution in [-0.4, -0.2) is 41.2 Å². The number of alkyl halides is 4. The number of nitrogens with zero attached hydrogens (tertiary/aromatic N) is 2. The zero-order chi connectivity index (χ0) is 19.1. The van der Waals surface area contributed by atoms with Crippen molar-refractivity contribution in [1.29, 1.82) is 0 Å². The molecule has 0 aliphatic heterocycles. The molecule has 1 amide bonds. The van der Waals surface area contributed by atoms with Crippen LogP contribution < -0.4 is 5.32 Å². The number of anilines is 1. The number of nitrogens with one attached hydrogen (secondary N) is 1. The summed E-state index contributed by atoms with van der Waals surface area (Å²) < 4.78 is 58.0. The standard InChI is InChI=1S/C17H23F4N3O2/c1-16(4-3-5-16)12-13(10-6-17(20,21)7-10)23-24(2)14(12)22-15(25)26-11(8-18)9-19/h10-11H,3-9H2,1-2H3,(H,22,25). The lowest BCUT2D eigenvalue weighted by molar-refractivity contribution is -0.0880. The fourth-order valence-corrected chi connectivity index (χ4v) is 3.76. The minimum atomic E-state index is -2.68. The maximum Gasteiger partial charge on any atom is 0.413 e. The van der Waals surface area contributed by atoms with Gasteiger partial charge >= 0.3 is 6.09 Å². The lowest BCUT2D eigenvalue weighted by Gasteiger charge is -2.42. The Bertz CT molecular complexity index is 676. The van der Waals surface area contributed by atoms with Crippen molar-refractivity contribution in [3.05, 3.63) is 11.3 Å². The number of carbonyl (C=O) groups excluding carboxylic acids is 1. The first kappa shape index (κ1) is 19.0. The van der Waals surface area contributed by atoms with Gasteiger partial charge < -0.3 is 4.74 Å². The summed E-state index contributed by atoms with van der Waals surface area (Å²) in [5, 5.41) is 6.90. The maximum absolute atomic E-state index is 13.3. The van der Waals surface area contributed by atoms with Gasteiger partial charge in [-0.1, -0.05) is 13.3 Å². The molecule has 0 bridgehead atoms. The molecule has 1 aromatic rings. The Morgan fingerprint density at radius 2 is 1.96 bits per heavy atom. The van der Waals surface area contributed by atoms with E-state index in [1.165, 1.54) is 4.68 Å². The predicted octanol–water partition coefficient (Wildman–Crippen LogP) is 4.23. The van der Waals surface area contributed by atoms with Gasteiger partial charge in [0.2, 0.25) is 5.92 Å². The van der Waals surface area contributed by atoms with Gasteiger partial charge in [0.15, 0.2) is 6.10 Å². The van der Waals surface area contributed by atoms with Gasteiger partial charge in [0.25, 0.3) is 0 Å². The van der Waals surface area contributed by atoms with Crippen molar-refractivity contribution in [2.75, 3.05) is 18.7 Å². The highest BCUT2D eigenvalue weighted by Gasteiger charge is 2.50. The average Bonchev–Trinajstić information content (AvgIpc) is 2.84. The van der Waals surface area contributed by atoms with E-state index in [0.717, 1.165) is 24.8 Å². The van der Waals surface area contributed by atoms with Gasteiger partial charge in [-0.15, -0.1) is 0 Å². The monoisotopic (exact) mass is 377 g/mol. The molecule has 1 N–H and O–H groups in total. The number of amides is 1. The summed E-state index contributed by atoms with van der Waals surface area (Å²) in [5.74, 6) is -2.69. The van der Waals surface area contributed by atoms with Crippen LogP contribution in [0.3, 0.4) is 0 Å². The number of hydrogen-bond donors (Lipinski definition) is 1. The molecule has 1 heterocycles. The van der Waals surface area contributed by atoms with E-state index < -0.39 is 31.5 Å². The van der Waals surface area contributed by atoms with Gasteiger partial charge in [-0.25, -0.2) is 22.4 Å². The molecule has 2 fully saturated rings. The highest BCUT2D eigenvalue weighted by Crippen LogP contribution is 2.54. The molecule has 2 aliphatic rings. The summed E-state index contributed by atoms with van der Waals surface area (Å²) in [4.78, 5) is 12.0. The van der Waals surface area contributed by atoms with E-state index in [1.54, 1.807) is 7.05 Å². The molecule has 0 atom stereocenters. The fourth-order valence-electron chi connectivity index (χ4n) is 3.76. The van der Waals surface area contributed by atoms with Crippen molar-refractivity contribution < 1.29 is 27.1 Å². The van der Waals surface area contributed by atoms with Crippen LogP contribution in [0.4, 0.5) is 28.2 Å². The van der Waals surface area contributed by atoms with Crippen molar-refractivity contribution >= 4 is 11.9 Å². The lowest BCUT2D eigenvalue weighted by Crippen LogP contribution is -2.38. The van der Waals surface area contributed by atoms with Crippen molar-refractivity contribution in [2.24, 2.45) is 7.05 Å². The van der Waals surface area contributed by atoms with E-state index in [0.29, 0.717) is 11.5 Å². The van der Waals surface area contributed by atoms with Crippen LogP contribution in [0.1, 0.15) is 56.2 Å². The molecule has 146 valence electrons. The molecule has 0 spiro atoms. The van der Waals surface area contributed by atoms with E-state index in [9.17, 15) is 22.4 Å². The molecule has 2 aliphatic carbocycles. The summed E-state index contributed by atoms with van der Waals surface area (Å²) in [6.45, 7) is -0.235. The number of aryl methyl sites for hydroxylation is 1. The molecule has 26 heavy (non-hydrogen) atoms. The first-order valence-electron chi connectivity index (χ1n) is 8.74. The summed E-state index contributed by atoms with van der Waals surface area (Å²) in [6.07, 6.45) is -0.252. The third kappa shape index (κ3) is 3.40. The van der Waals surface area contributed by atoms with Gasteiger partial charge in [-0.2, -0.15) is 5.10 Å². The predicted molar refractivity (Wildman–Crippen MR) is 87.2 cm³/mol. The van der Waals surface area contributed by atoms with Crippen LogP contribution >= 0.6 is 0 Å². The number of hydrogen-bond acceptors (Lipinski definition) is 3. The lowest BCUT2D eigenvalue weighted by atomic mass is 9.63. The van der Waals surface area contributed by atoms with Gasteiger partial charge in [0.1, 0.15) is 19.2 Å². The highest BCUT2D eigenvalue weighted by atomic mass is 19.3. The Balaban J connectivity index is 1.87. The van der Waals surface area contributed by atoms with E-state index in [-0.39, 0.29) is 24.2 Å². The molecule has 0 unspecified atom stereocenters. The number of aromatic nitrogens is 2. The molecule has 0 radical (unpaired) electrons. The second-order valence-electron chi connectivity index (χ2n) is 7.57. The third-order valence-corrected chi connectivity index (χ3v) is 5.45. The minimum Gasteiger partial charge on any atom is -0.440 e. The first-order valence-corrected chi connectivity index (χ1v) is 8.74. The van der Waals surface area contributed by atoms with Crippen LogP contribution in [0.25, 0.3) is 0 Å². The molecule has 3 rings (SSSR count). The summed E-state index contributed by atoms with van der Waals surface area (Å²) in [7, 11) is 1.60. The van der Waals surface area contributed by atoms with Crippen molar-refractivity contribution in [2.45, 2.75) is 62.4 Å². The van der Waals surface area contributed by atoms with Gasteiger partial charge in [0, 0.05) is 31.4 Å². The smallest absolute Gasteiger partial charge is 0.413 e. The first-order chi connectivity index (χ1) is 12.2. The number of ether oxygens (including phenoxy) is 1. The third-order valence-electron chi connectivity index (χ3n) is 5.45. The summed E-state index contributed by atoms with van der Waals surface area (Å²) in [5.41, 5.74) is 1.04. The Hall–Kier alpha value is -1.80. The SMILES string of the molecule is Cn1nc(C2CC(F)(F)C2)c(C2(C)CCC2)c1NC(=O)OC(CF)CF. The van der Waals surface area contributed by atoms with E-state index in [1.807, 2.05) is 6.92 Å². The minimum absolute atomic E-state index is 0.261. The normalized spacial score (nSPS) is 21.2. The molecule has 9 heteroatoms. The van der Waals surface area contributed by atoms with E-state index in [2.05, 4.69) is 10.4 Å². The summed E-state index contributed by atoms with van der Waals surface area (Å²) in [6, 6.07) is 0.